The van der Waals surface area contributed by atoms with Gasteiger partial charge in [-0.3, -0.25) is 4.98 Å². The Labute approximate surface area is 75.0 Å². The summed E-state index contributed by atoms with van der Waals surface area (Å²) in [4.78, 5) is 4.03. The lowest BCUT2D eigenvalue weighted by molar-refractivity contribution is 0.417. The fourth-order valence-corrected chi connectivity index (χ4v) is 1.30. The molecule has 0 amide bonds. The lowest BCUT2D eigenvalue weighted by atomic mass is 10.2. The van der Waals surface area contributed by atoms with Crippen LogP contribution < -0.4 is 4.74 Å². The highest BCUT2D eigenvalue weighted by atomic mass is 19.1. The van der Waals surface area contributed by atoms with Gasteiger partial charge in [0.2, 0.25) is 0 Å². The molecule has 0 fully saturated rings. The van der Waals surface area contributed by atoms with E-state index < -0.39 is 0 Å². The van der Waals surface area contributed by atoms with E-state index in [1.54, 1.807) is 24.4 Å². The lowest BCUT2D eigenvalue weighted by Crippen LogP contribution is -1.89. The number of hydrogen-bond acceptors (Lipinski definition) is 2. The molecule has 0 bridgehead atoms. The second-order valence-corrected chi connectivity index (χ2v) is 2.65. The Kier molecular flexibility index (Phi) is 1.85. The van der Waals surface area contributed by atoms with Crippen LogP contribution in [0.25, 0.3) is 10.9 Å². The fraction of sp³-hybridized carbons (Fsp3) is 0.100. The van der Waals surface area contributed by atoms with Crippen molar-refractivity contribution in [3.8, 4) is 5.75 Å². The second kappa shape index (κ2) is 3.01. The van der Waals surface area contributed by atoms with E-state index in [1.165, 1.54) is 13.2 Å². The minimum atomic E-state index is -0.303. The SMILES string of the molecule is COc1ccnc2cccc(F)c12. The smallest absolute Gasteiger partial charge is 0.136 e. The summed E-state index contributed by atoms with van der Waals surface area (Å²) in [6, 6.07) is 6.42. The summed E-state index contributed by atoms with van der Waals surface area (Å²) in [6.07, 6.45) is 1.60. The van der Waals surface area contributed by atoms with Gasteiger partial charge in [-0.2, -0.15) is 0 Å². The Hall–Kier alpha value is -1.64. The van der Waals surface area contributed by atoms with Crippen molar-refractivity contribution in [1.29, 1.82) is 0 Å². The van der Waals surface area contributed by atoms with Crippen LogP contribution in [0.2, 0.25) is 0 Å². The van der Waals surface area contributed by atoms with Gasteiger partial charge in [-0.05, 0) is 18.2 Å². The van der Waals surface area contributed by atoms with Gasteiger partial charge in [0.25, 0.3) is 0 Å². The second-order valence-electron chi connectivity index (χ2n) is 2.65. The van der Waals surface area contributed by atoms with Crippen molar-refractivity contribution in [2.75, 3.05) is 7.11 Å². The summed E-state index contributed by atoms with van der Waals surface area (Å²) in [5, 5.41) is 0.438. The molecule has 0 spiro atoms. The number of hydrogen-bond donors (Lipinski definition) is 0. The van der Waals surface area contributed by atoms with E-state index in [0.717, 1.165) is 0 Å². The summed E-state index contributed by atoms with van der Waals surface area (Å²) < 4.78 is 18.3. The van der Waals surface area contributed by atoms with E-state index in [-0.39, 0.29) is 5.82 Å². The molecule has 0 N–H and O–H groups in total. The fourth-order valence-electron chi connectivity index (χ4n) is 1.30. The number of halogens is 1. The monoisotopic (exact) mass is 177 g/mol. The topological polar surface area (TPSA) is 22.1 Å². The summed E-state index contributed by atoms with van der Waals surface area (Å²) in [7, 11) is 1.52. The Morgan fingerprint density at radius 1 is 1.31 bits per heavy atom. The largest absolute Gasteiger partial charge is 0.496 e. The average Bonchev–Trinajstić information content (AvgIpc) is 2.17. The summed E-state index contributed by atoms with van der Waals surface area (Å²) >= 11 is 0. The van der Waals surface area contributed by atoms with Crippen molar-refractivity contribution in [2.24, 2.45) is 0 Å². The molecule has 2 nitrogen and oxygen atoms in total. The van der Waals surface area contributed by atoms with Crippen LogP contribution >= 0.6 is 0 Å². The van der Waals surface area contributed by atoms with Crippen LogP contribution in [-0.2, 0) is 0 Å². The zero-order chi connectivity index (χ0) is 9.26. The molecule has 0 saturated heterocycles. The molecular weight excluding hydrogens is 169 g/mol. The highest BCUT2D eigenvalue weighted by Crippen LogP contribution is 2.25. The molecule has 0 aliphatic rings. The van der Waals surface area contributed by atoms with E-state index in [2.05, 4.69) is 4.98 Å². The molecule has 13 heavy (non-hydrogen) atoms. The maximum absolute atomic E-state index is 13.3. The first-order chi connectivity index (χ1) is 6.33. The Morgan fingerprint density at radius 2 is 2.15 bits per heavy atom. The first-order valence-corrected chi connectivity index (χ1v) is 3.90. The van der Waals surface area contributed by atoms with Crippen LogP contribution in [0, 0.1) is 5.82 Å². The molecule has 0 unspecified atom stereocenters. The quantitative estimate of drug-likeness (QED) is 0.667. The first kappa shape index (κ1) is 7.98. The van der Waals surface area contributed by atoms with Crippen LogP contribution in [0.4, 0.5) is 4.39 Å². The van der Waals surface area contributed by atoms with E-state index >= 15 is 0 Å². The van der Waals surface area contributed by atoms with E-state index in [0.29, 0.717) is 16.7 Å². The summed E-state index contributed by atoms with van der Waals surface area (Å²) in [5.41, 5.74) is 0.611. The number of nitrogens with zero attached hydrogens (tertiary/aromatic N) is 1. The highest BCUT2D eigenvalue weighted by molar-refractivity contribution is 5.85. The summed E-state index contributed by atoms with van der Waals surface area (Å²) in [5.74, 6) is 0.213. The Bertz CT molecular complexity index is 437. The predicted octanol–water partition coefficient (Wildman–Crippen LogP) is 2.38. The van der Waals surface area contributed by atoms with Gasteiger partial charge in [-0.15, -0.1) is 0 Å². The molecule has 1 aromatic carbocycles. The van der Waals surface area contributed by atoms with Crippen LogP contribution in [0.15, 0.2) is 30.5 Å². The number of aromatic nitrogens is 1. The minimum absolute atomic E-state index is 0.303. The van der Waals surface area contributed by atoms with Crippen LogP contribution in [-0.4, -0.2) is 12.1 Å². The third kappa shape index (κ3) is 1.22. The highest BCUT2D eigenvalue weighted by Gasteiger charge is 2.05. The molecule has 0 aliphatic heterocycles. The van der Waals surface area contributed by atoms with Crippen molar-refractivity contribution in [1.82, 2.24) is 4.98 Å². The normalized spacial score (nSPS) is 10.3. The molecule has 1 aromatic heterocycles. The van der Waals surface area contributed by atoms with Crippen molar-refractivity contribution < 1.29 is 9.13 Å². The van der Waals surface area contributed by atoms with E-state index in [1.807, 2.05) is 0 Å². The molecule has 3 heteroatoms. The van der Waals surface area contributed by atoms with E-state index in [4.69, 9.17) is 4.74 Å². The average molecular weight is 177 g/mol. The number of benzene rings is 1. The molecule has 0 atom stereocenters. The van der Waals surface area contributed by atoms with Crippen molar-refractivity contribution >= 4 is 10.9 Å². The number of pyridine rings is 1. The van der Waals surface area contributed by atoms with Gasteiger partial charge >= 0.3 is 0 Å². The van der Waals surface area contributed by atoms with Crippen molar-refractivity contribution in [2.45, 2.75) is 0 Å². The van der Waals surface area contributed by atoms with Gasteiger partial charge in [0.15, 0.2) is 0 Å². The van der Waals surface area contributed by atoms with Crippen LogP contribution in [0.1, 0.15) is 0 Å². The van der Waals surface area contributed by atoms with Gasteiger partial charge in [-0.1, -0.05) is 6.07 Å². The molecule has 0 radical (unpaired) electrons. The third-order valence-corrected chi connectivity index (χ3v) is 1.90. The Morgan fingerprint density at radius 3 is 2.92 bits per heavy atom. The van der Waals surface area contributed by atoms with Gasteiger partial charge in [0.1, 0.15) is 11.6 Å². The maximum Gasteiger partial charge on any atom is 0.136 e. The standard InChI is InChI=1S/C10H8FNO/c1-13-9-5-6-12-8-4-2-3-7(11)10(8)9/h2-6H,1H3. The van der Waals surface area contributed by atoms with Gasteiger partial charge in [0.05, 0.1) is 18.0 Å². The molecular formula is C10H8FNO. The predicted molar refractivity (Wildman–Crippen MR) is 48.3 cm³/mol. The Balaban J connectivity index is 2.87. The molecule has 0 saturated carbocycles. The molecule has 2 rings (SSSR count). The van der Waals surface area contributed by atoms with E-state index in [9.17, 15) is 4.39 Å². The van der Waals surface area contributed by atoms with Gasteiger partial charge in [0, 0.05) is 6.20 Å². The van der Waals surface area contributed by atoms with Gasteiger partial charge < -0.3 is 4.74 Å². The first-order valence-electron chi connectivity index (χ1n) is 3.90. The number of ether oxygens (including phenoxy) is 1. The third-order valence-electron chi connectivity index (χ3n) is 1.90. The summed E-state index contributed by atoms with van der Waals surface area (Å²) in [6.45, 7) is 0. The minimum Gasteiger partial charge on any atom is -0.496 e. The number of rotatable bonds is 1. The molecule has 2 aromatic rings. The molecule has 1 heterocycles. The number of fused-ring (bicyclic) bond motifs is 1. The van der Waals surface area contributed by atoms with Crippen molar-refractivity contribution in [3.05, 3.63) is 36.3 Å². The maximum atomic E-state index is 13.3. The molecule has 0 aliphatic carbocycles. The number of methoxy groups -OCH3 is 1. The molecule has 66 valence electrons. The zero-order valence-corrected chi connectivity index (χ0v) is 7.12. The van der Waals surface area contributed by atoms with Crippen LogP contribution in [0.3, 0.4) is 0 Å². The van der Waals surface area contributed by atoms with Crippen LogP contribution in [0.5, 0.6) is 5.75 Å². The lowest BCUT2D eigenvalue weighted by Gasteiger charge is -2.04. The van der Waals surface area contributed by atoms with Crippen molar-refractivity contribution in [3.63, 3.8) is 0 Å². The zero-order valence-electron chi connectivity index (χ0n) is 7.12. The van der Waals surface area contributed by atoms with Gasteiger partial charge in [-0.25, -0.2) is 4.39 Å².